The number of likely N-dealkylation sites (tertiary alicyclic amines) is 1. The van der Waals surface area contributed by atoms with Crippen LogP contribution < -0.4 is 5.32 Å². The van der Waals surface area contributed by atoms with E-state index >= 15 is 0 Å². The van der Waals surface area contributed by atoms with E-state index in [1.807, 2.05) is 0 Å². The third-order valence-corrected chi connectivity index (χ3v) is 3.78. The SMILES string of the molecule is COC1CCN(CC(=O)Nc2cc(C(C)(C)C)no2)CC1. The summed E-state index contributed by atoms with van der Waals surface area (Å²) in [5.41, 5.74) is 0.743. The molecule has 1 aliphatic rings. The van der Waals surface area contributed by atoms with Crippen molar-refractivity contribution in [3.8, 4) is 0 Å². The molecule has 1 saturated heterocycles. The van der Waals surface area contributed by atoms with Crippen LogP contribution in [0.15, 0.2) is 10.6 Å². The third-order valence-electron chi connectivity index (χ3n) is 3.78. The van der Waals surface area contributed by atoms with Gasteiger partial charge in [-0.05, 0) is 12.8 Å². The third kappa shape index (κ3) is 4.54. The standard InChI is InChI=1S/C15H25N3O3/c1-15(2,3)12-9-14(21-17-12)16-13(19)10-18-7-5-11(20-4)6-8-18/h9,11H,5-8,10H2,1-4H3,(H,16,19). The molecule has 0 spiro atoms. The maximum absolute atomic E-state index is 12.0. The van der Waals surface area contributed by atoms with E-state index in [0.29, 0.717) is 18.5 Å². The van der Waals surface area contributed by atoms with Crippen molar-refractivity contribution >= 4 is 11.8 Å². The number of carbonyl (C=O) groups excluding carboxylic acids is 1. The van der Waals surface area contributed by atoms with Crippen molar-refractivity contribution in [2.45, 2.75) is 45.1 Å². The predicted octanol–water partition coefficient (Wildman–Crippen LogP) is 2.02. The second kappa shape index (κ2) is 6.58. The highest BCUT2D eigenvalue weighted by atomic mass is 16.5. The number of hydrogen-bond acceptors (Lipinski definition) is 5. The molecule has 1 aromatic rings. The van der Waals surface area contributed by atoms with Crippen LogP contribution in [0, 0.1) is 0 Å². The Balaban J connectivity index is 1.81. The van der Waals surface area contributed by atoms with E-state index in [0.717, 1.165) is 31.6 Å². The van der Waals surface area contributed by atoms with Crippen molar-refractivity contribution in [2.75, 3.05) is 32.1 Å². The molecule has 0 aliphatic carbocycles. The molecule has 118 valence electrons. The van der Waals surface area contributed by atoms with Crippen LogP contribution in [0.25, 0.3) is 0 Å². The van der Waals surface area contributed by atoms with Crippen molar-refractivity contribution in [1.82, 2.24) is 10.1 Å². The Kier molecular flexibility index (Phi) is 5.00. The van der Waals surface area contributed by atoms with Crippen molar-refractivity contribution in [2.24, 2.45) is 0 Å². The molecule has 1 amide bonds. The fraction of sp³-hybridized carbons (Fsp3) is 0.733. The smallest absolute Gasteiger partial charge is 0.240 e. The Morgan fingerprint density at radius 1 is 1.48 bits per heavy atom. The number of aromatic nitrogens is 1. The number of carbonyl (C=O) groups is 1. The molecule has 6 nitrogen and oxygen atoms in total. The first-order valence-corrected chi connectivity index (χ1v) is 7.40. The molecule has 1 aliphatic heterocycles. The number of ether oxygens (including phenoxy) is 1. The first-order valence-electron chi connectivity index (χ1n) is 7.40. The van der Waals surface area contributed by atoms with E-state index in [2.05, 4.69) is 36.1 Å². The van der Waals surface area contributed by atoms with Gasteiger partial charge in [0.1, 0.15) is 0 Å². The minimum Gasteiger partial charge on any atom is -0.381 e. The minimum atomic E-state index is -0.0888. The first-order chi connectivity index (χ1) is 9.88. The van der Waals surface area contributed by atoms with Crippen LogP contribution in [0.5, 0.6) is 0 Å². The van der Waals surface area contributed by atoms with Gasteiger partial charge in [-0.3, -0.25) is 15.0 Å². The van der Waals surface area contributed by atoms with Crippen LogP contribution in [-0.4, -0.2) is 48.8 Å². The molecule has 0 bridgehead atoms. The van der Waals surface area contributed by atoms with E-state index in [-0.39, 0.29) is 11.3 Å². The molecule has 0 unspecified atom stereocenters. The highest BCUT2D eigenvalue weighted by molar-refractivity contribution is 5.91. The van der Waals surface area contributed by atoms with Crippen LogP contribution in [0.1, 0.15) is 39.3 Å². The number of nitrogens with one attached hydrogen (secondary N) is 1. The maximum atomic E-state index is 12.0. The second-order valence-corrected chi connectivity index (χ2v) is 6.59. The number of anilines is 1. The predicted molar refractivity (Wildman–Crippen MR) is 80.3 cm³/mol. The van der Waals surface area contributed by atoms with E-state index in [1.165, 1.54) is 0 Å². The maximum Gasteiger partial charge on any atom is 0.240 e. The van der Waals surface area contributed by atoms with Crippen molar-refractivity contribution in [1.29, 1.82) is 0 Å². The van der Waals surface area contributed by atoms with Gasteiger partial charge >= 0.3 is 0 Å². The number of piperidine rings is 1. The zero-order valence-corrected chi connectivity index (χ0v) is 13.3. The molecule has 0 radical (unpaired) electrons. The molecule has 6 heteroatoms. The van der Waals surface area contributed by atoms with Gasteiger partial charge in [0.15, 0.2) is 0 Å². The summed E-state index contributed by atoms with van der Waals surface area (Å²) in [4.78, 5) is 14.1. The number of rotatable bonds is 4. The summed E-state index contributed by atoms with van der Waals surface area (Å²) < 4.78 is 10.5. The van der Waals surface area contributed by atoms with Gasteiger partial charge in [-0.15, -0.1) is 0 Å². The minimum absolute atomic E-state index is 0.0672. The van der Waals surface area contributed by atoms with E-state index < -0.39 is 0 Å². The lowest BCUT2D eigenvalue weighted by molar-refractivity contribution is -0.118. The number of hydrogen-bond donors (Lipinski definition) is 1. The van der Waals surface area contributed by atoms with Crippen LogP contribution in [0.2, 0.25) is 0 Å². The molecule has 2 rings (SSSR count). The molecule has 0 saturated carbocycles. The van der Waals surface area contributed by atoms with Gasteiger partial charge in [-0.2, -0.15) is 0 Å². The van der Waals surface area contributed by atoms with E-state index in [9.17, 15) is 4.79 Å². The largest absolute Gasteiger partial charge is 0.381 e. The summed E-state index contributed by atoms with van der Waals surface area (Å²) in [6, 6.07) is 1.79. The van der Waals surface area contributed by atoms with Gasteiger partial charge in [0.25, 0.3) is 0 Å². The summed E-state index contributed by atoms with van der Waals surface area (Å²) >= 11 is 0. The lowest BCUT2D eigenvalue weighted by atomic mass is 9.92. The average Bonchev–Trinajstić information content (AvgIpc) is 2.88. The summed E-state index contributed by atoms with van der Waals surface area (Å²) in [7, 11) is 1.74. The van der Waals surface area contributed by atoms with Crippen molar-refractivity contribution in [3.63, 3.8) is 0 Å². The summed E-state index contributed by atoms with van der Waals surface area (Å²) in [6.07, 6.45) is 2.27. The molecule has 1 fully saturated rings. The topological polar surface area (TPSA) is 67.6 Å². The van der Waals surface area contributed by atoms with E-state index in [1.54, 1.807) is 13.2 Å². The first kappa shape index (κ1) is 16.0. The highest BCUT2D eigenvalue weighted by Gasteiger charge is 2.22. The van der Waals surface area contributed by atoms with Gasteiger partial charge in [-0.1, -0.05) is 25.9 Å². The van der Waals surface area contributed by atoms with Crippen molar-refractivity contribution < 1.29 is 14.1 Å². The fourth-order valence-electron chi connectivity index (χ4n) is 2.37. The van der Waals surface area contributed by atoms with Crippen LogP contribution in [0.4, 0.5) is 5.88 Å². The molecular weight excluding hydrogens is 270 g/mol. The number of nitrogens with zero attached hydrogens (tertiary/aromatic N) is 2. The lowest BCUT2D eigenvalue weighted by Gasteiger charge is -2.30. The Morgan fingerprint density at radius 3 is 2.67 bits per heavy atom. The molecule has 1 aromatic heterocycles. The summed E-state index contributed by atoms with van der Waals surface area (Å²) in [5, 5.41) is 6.75. The number of amides is 1. The average molecular weight is 295 g/mol. The quantitative estimate of drug-likeness (QED) is 0.920. The lowest BCUT2D eigenvalue weighted by Crippen LogP contribution is -2.41. The Hall–Kier alpha value is -1.40. The van der Waals surface area contributed by atoms with Gasteiger partial charge in [-0.25, -0.2) is 0 Å². The Bertz CT molecular complexity index is 471. The Morgan fingerprint density at radius 2 is 2.14 bits per heavy atom. The molecule has 0 atom stereocenters. The second-order valence-electron chi connectivity index (χ2n) is 6.59. The van der Waals surface area contributed by atoms with Gasteiger partial charge in [0, 0.05) is 31.7 Å². The molecular formula is C15H25N3O3. The van der Waals surface area contributed by atoms with Crippen molar-refractivity contribution in [3.05, 3.63) is 11.8 Å². The van der Waals surface area contributed by atoms with Crippen LogP contribution in [-0.2, 0) is 14.9 Å². The Labute approximate surface area is 125 Å². The molecule has 21 heavy (non-hydrogen) atoms. The van der Waals surface area contributed by atoms with Gasteiger partial charge in [0.2, 0.25) is 11.8 Å². The van der Waals surface area contributed by atoms with Crippen LogP contribution >= 0.6 is 0 Å². The van der Waals surface area contributed by atoms with Gasteiger partial charge in [0.05, 0.1) is 18.3 Å². The molecule has 1 N–H and O–H groups in total. The normalized spacial score (nSPS) is 17.9. The summed E-state index contributed by atoms with van der Waals surface area (Å²) in [5.74, 6) is 0.346. The van der Waals surface area contributed by atoms with E-state index in [4.69, 9.17) is 9.26 Å². The zero-order valence-electron chi connectivity index (χ0n) is 13.3. The fourth-order valence-corrected chi connectivity index (χ4v) is 2.37. The number of methoxy groups -OCH3 is 1. The van der Waals surface area contributed by atoms with Gasteiger partial charge < -0.3 is 9.26 Å². The summed E-state index contributed by atoms with van der Waals surface area (Å²) in [6.45, 7) is 8.30. The van der Waals surface area contributed by atoms with Crippen LogP contribution in [0.3, 0.4) is 0 Å². The highest BCUT2D eigenvalue weighted by Crippen LogP contribution is 2.23. The zero-order chi connectivity index (χ0) is 15.5. The molecule has 0 aromatic carbocycles. The molecule has 2 heterocycles. The monoisotopic (exact) mass is 295 g/mol.